The van der Waals surface area contributed by atoms with Gasteiger partial charge in [-0.05, 0) is 57.4 Å². The summed E-state index contributed by atoms with van der Waals surface area (Å²) in [6.07, 6.45) is 2.06. The number of fused-ring (bicyclic) bond motifs is 1. The molecule has 1 fully saturated rings. The molecule has 0 N–H and O–H groups in total. The molecule has 136 valence electrons. The van der Waals surface area contributed by atoms with Gasteiger partial charge in [0.2, 0.25) is 0 Å². The Morgan fingerprint density at radius 2 is 2.15 bits per heavy atom. The average molecular weight is 370 g/mol. The molecule has 1 aliphatic heterocycles. The summed E-state index contributed by atoms with van der Waals surface area (Å²) in [7, 11) is 0. The van der Waals surface area contributed by atoms with Crippen molar-refractivity contribution in [3.05, 3.63) is 46.9 Å². The highest BCUT2D eigenvalue weighted by molar-refractivity contribution is 7.22. The minimum Gasteiger partial charge on any atom is -0.466 e. The fraction of sp³-hybridized carbons (Fsp3) is 0.400. The SMILES string of the molecule is Cc1ccc2nc(N(CC3CCCO3)C(=O)c3cc(C)oc3C)sc2c1. The number of anilines is 1. The smallest absolute Gasteiger partial charge is 0.263 e. The predicted molar refractivity (Wildman–Crippen MR) is 103 cm³/mol. The van der Waals surface area contributed by atoms with Gasteiger partial charge in [0.25, 0.3) is 5.91 Å². The second kappa shape index (κ2) is 6.85. The number of carbonyl (C=O) groups excluding carboxylic acids is 1. The maximum atomic E-state index is 13.3. The van der Waals surface area contributed by atoms with Gasteiger partial charge in [-0.15, -0.1) is 0 Å². The van der Waals surface area contributed by atoms with E-state index in [1.54, 1.807) is 22.3 Å². The van der Waals surface area contributed by atoms with Crippen molar-refractivity contribution >= 4 is 32.6 Å². The molecule has 0 radical (unpaired) electrons. The van der Waals surface area contributed by atoms with Crippen LogP contribution in [0.2, 0.25) is 0 Å². The summed E-state index contributed by atoms with van der Waals surface area (Å²) in [5, 5.41) is 0.712. The Kier molecular flexibility index (Phi) is 4.54. The maximum Gasteiger partial charge on any atom is 0.263 e. The van der Waals surface area contributed by atoms with E-state index in [4.69, 9.17) is 14.1 Å². The van der Waals surface area contributed by atoms with Crippen molar-refractivity contribution in [3.8, 4) is 0 Å². The molecule has 5 nitrogen and oxygen atoms in total. The first-order valence-corrected chi connectivity index (χ1v) is 9.70. The highest BCUT2D eigenvalue weighted by Crippen LogP contribution is 2.32. The van der Waals surface area contributed by atoms with Crippen molar-refractivity contribution in [1.82, 2.24) is 4.98 Å². The van der Waals surface area contributed by atoms with E-state index >= 15 is 0 Å². The number of thiazole rings is 1. The minimum atomic E-state index is -0.0781. The van der Waals surface area contributed by atoms with E-state index < -0.39 is 0 Å². The highest BCUT2D eigenvalue weighted by atomic mass is 32.1. The number of ether oxygens (including phenoxy) is 1. The second-order valence-corrected chi connectivity index (χ2v) is 7.85. The van der Waals surface area contributed by atoms with Crippen LogP contribution in [0.3, 0.4) is 0 Å². The molecule has 1 amide bonds. The normalized spacial score (nSPS) is 17.1. The standard InChI is InChI=1S/C20H22N2O3S/c1-12-6-7-17-18(9-12)26-20(21-17)22(11-15-5-4-8-24-15)19(23)16-10-13(2)25-14(16)3/h6-7,9-10,15H,4-5,8,11H2,1-3H3. The van der Waals surface area contributed by atoms with Gasteiger partial charge in [0, 0.05) is 6.61 Å². The Bertz CT molecular complexity index is 953. The van der Waals surface area contributed by atoms with Gasteiger partial charge in [-0.3, -0.25) is 9.69 Å². The van der Waals surface area contributed by atoms with Crippen LogP contribution in [0.1, 0.15) is 40.3 Å². The van der Waals surface area contributed by atoms with Crippen LogP contribution in [0.5, 0.6) is 0 Å². The molecule has 26 heavy (non-hydrogen) atoms. The third-order valence-electron chi connectivity index (χ3n) is 4.69. The third kappa shape index (κ3) is 3.27. The van der Waals surface area contributed by atoms with Crippen LogP contribution in [0.15, 0.2) is 28.7 Å². The molecule has 0 spiro atoms. The summed E-state index contributed by atoms with van der Waals surface area (Å²) in [6, 6.07) is 7.96. The molecule has 3 heterocycles. The number of aryl methyl sites for hydroxylation is 3. The highest BCUT2D eigenvalue weighted by Gasteiger charge is 2.29. The number of rotatable bonds is 4. The Morgan fingerprint density at radius 3 is 2.85 bits per heavy atom. The first-order valence-electron chi connectivity index (χ1n) is 8.89. The van der Waals surface area contributed by atoms with Crippen LogP contribution >= 0.6 is 11.3 Å². The monoisotopic (exact) mass is 370 g/mol. The molecule has 3 aromatic rings. The summed E-state index contributed by atoms with van der Waals surface area (Å²) in [5.74, 6) is 1.30. The van der Waals surface area contributed by atoms with Gasteiger partial charge >= 0.3 is 0 Å². The summed E-state index contributed by atoms with van der Waals surface area (Å²) in [6.45, 7) is 7.02. The summed E-state index contributed by atoms with van der Waals surface area (Å²) < 4.78 is 12.4. The number of aromatic nitrogens is 1. The fourth-order valence-corrected chi connectivity index (χ4v) is 4.43. The van der Waals surface area contributed by atoms with Crippen LogP contribution < -0.4 is 4.90 Å². The molecule has 0 saturated carbocycles. The molecule has 0 aliphatic carbocycles. The van der Waals surface area contributed by atoms with Crippen molar-refractivity contribution in [1.29, 1.82) is 0 Å². The first kappa shape index (κ1) is 17.2. The Labute approximate surface area is 156 Å². The number of furan rings is 1. The largest absolute Gasteiger partial charge is 0.466 e. The number of amides is 1. The third-order valence-corrected chi connectivity index (χ3v) is 5.73. The number of nitrogens with zero attached hydrogens (tertiary/aromatic N) is 2. The van der Waals surface area contributed by atoms with E-state index in [1.807, 2.05) is 26.0 Å². The molecular formula is C20H22N2O3S. The number of benzene rings is 1. The zero-order chi connectivity index (χ0) is 18.3. The maximum absolute atomic E-state index is 13.3. The Morgan fingerprint density at radius 1 is 1.31 bits per heavy atom. The van der Waals surface area contributed by atoms with Crippen molar-refractivity contribution in [2.75, 3.05) is 18.1 Å². The first-order chi connectivity index (χ1) is 12.5. The predicted octanol–water partition coefficient (Wildman–Crippen LogP) is 4.64. The van der Waals surface area contributed by atoms with Crippen LogP contribution in [-0.2, 0) is 4.74 Å². The van der Waals surface area contributed by atoms with Gasteiger partial charge < -0.3 is 9.15 Å². The number of carbonyl (C=O) groups is 1. The molecule has 0 bridgehead atoms. The van der Waals surface area contributed by atoms with Crippen LogP contribution in [0.4, 0.5) is 5.13 Å². The molecule has 1 aliphatic rings. The van der Waals surface area contributed by atoms with Crippen LogP contribution in [0, 0.1) is 20.8 Å². The molecule has 2 aromatic heterocycles. The van der Waals surface area contributed by atoms with Crippen LogP contribution in [0.25, 0.3) is 10.2 Å². The second-order valence-electron chi connectivity index (χ2n) is 6.85. The van der Waals surface area contributed by atoms with Gasteiger partial charge in [0.05, 0.1) is 28.4 Å². The number of hydrogen-bond acceptors (Lipinski definition) is 5. The zero-order valence-corrected chi connectivity index (χ0v) is 16.1. The molecule has 4 rings (SSSR count). The molecule has 6 heteroatoms. The van der Waals surface area contributed by atoms with E-state index in [2.05, 4.69) is 13.0 Å². The van der Waals surface area contributed by atoms with Gasteiger partial charge in [-0.1, -0.05) is 17.4 Å². The van der Waals surface area contributed by atoms with Gasteiger partial charge in [-0.2, -0.15) is 0 Å². The fourth-order valence-electron chi connectivity index (χ4n) is 3.36. The quantitative estimate of drug-likeness (QED) is 0.671. The lowest BCUT2D eigenvalue weighted by molar-refractivity contribution is 0.0916. The van der Waals surface area contributed by atoms with E-state index in [0.29, 0.717) is 23.0 Å². The minimum absolute atomic E-state index is 0.0565. The molecular weight excluding hydrogens is 348 g/mol. The topological polar surface area (TPSA) is 55.6 Å². The Hall–Kier alpha value is -2.18. The van der Waals surface area contributed by atoms with E-state index in [0.717, 1.165) is 35.4 Å². The summed E-state index contributed by atoms with van der Waals surface area (Å²) in [4.78, 5) is 19.8. The molecule has 1 atom stereocenters. The van der Waals surface area contributed by atoms with E-state index in [1.165, 1.54) is 5.56 Å². The van der Waals surface area contributed by atoms with Gasteiger partial charge in [0.15, 0.2) is 5.13 Å². The zero-order valence-electron chi connectivity index (χ0n) is 15.2. The van der Waals surface area contributed by atoms with E-state index in [-0.39, 0.29) is 12.0 Å². The van der Waals surface area contributed by atoms with Crippen molar-refractivity contribution in [3.63, 3.8) is 0 Å². The van der Waals surface area contributed by atoms with Gasteiger partial charge in [-0.25, -0.2) is 4.98 Å². The van der Waals surface area contributed by atoms with Gasteiger partial charge in [0.1, 0.15) is 11.5 Å². The average Bonchev–Trinajstić information content (AvgIpc) is 3.31. The lowest BCUT2D eigenvalue weighted by atomic mass is 10.2. The number of hydrogen-bond donors (Lipinski definition) is 0. The molecule has 1 saturated heterocycles. The van der Waals surface area contributed by atoms with Crippen molar-refractivity contribution in [2.24, 2.45) is 0 Å². The Balaban J connectivity index is 1.73. The summed E-state index contributed by atoms with van der Waals surface area (Å²) >= 11 is 1.55. The molecule has 1 unspecified atom stereocenters. The van der Waals surface area contributed by atoms with E-state index in [9.17, 15) is 4.79 Å². The van der Waals surface area contributed by atoms with Crippen LogP contribution in [-0.4, -0.2) is 30.1 Å². The molecule has 1 aromatic carbocycles. The lowest BCUT2D eigenvalue weighted by Gasteiger charge is -2.22. The van der Waals surface area contributed by atoms with Crippen molar-refractivity contribution in [2.45, 2.75) is 39.7 Å². The van der Waals surface area contributed by atoms with Crippen molar-refractivity contribution < 1.29 is 13.9 Å². The summed E-state index contributed by atoms with van der Waals surface area (Å²) in [5.41, 5.74) is 2.70. The lowest BCUT2D eigenvalue weighted by Crippen LogP contribution is -2.37.